The second kappa shape index (κ2) is 8.38. The number of hydrogen-bond acceptors (Lipinski definition) is 5. The molecular weight excluding hydrogens is 312 g/mol. The molecular formula is C16H22N4O2S. The molecule has 0 fully saturated rings. The van der Waals surface area contributed by atoms with Crippen LogP contribution in [0.15, 0.2) is 29.4 Å². The van der Waals surface area contributed by atoms with Gasteiger partial charge in [-0.25, -0.2) is 4.98 Å². The first-order valence-electron chi connectivity index (χ1n) is 7.36. The van der Waals surface area contributed by atoms with Crippen LogP contribution in [0.3, 0.4) is 0 Å². The number of aliphatic imine (C=N–C) groups is 1. The Morgan fingerprint density at radius 1 is 1.35 bits per heavy atom. The molecule has 0 spiro atoms. The summed E-state index contributed by atoms with van der Waals surface area (Å²) < 4.78 is 10.9. The van der Waals surface area contributed by atoms with Crippen molar-refractivity contribution in [2.45, 2.75) is 20.4 Å². The lowest BCUT2D eigenvalue weighted by atomic mass is 10.2. The molecule has 6 nitrogen and oxygen atoms in total. The van der Waals surface area contributed by atoms with Crippen molar-refractivity contribution in [1.29, 1.82) is 0 Å². The predicted molar refractivity (Wildman–Crippen MR) is 94.8 cm³/mol. The maximum absolute atomic E-state index is 5.58. The maximum Gasteiger partial charge on any atom is 0.195 e. The van der Waals surface area contributed by atoms with Crippen molar-refractivity contribution >= 4 is 23.0 Å². The monoisotopic (exact) mass is 334 g/mol. The number of nitrogens with one attached hydrogen (secondary N) is 2. The van der Waals surface area contributed by atoms with E-state index in [-0.39, 0.29) is 0 Å². The van der Waals surface area contributed by atoms with Gasteiger partial charge in [0, 0.05) is 29.9 Å². The lowest BCUT2D eigenvalue weighted by Gasteiger charge is -2.14. The van der Waals surface area contributed by atoms with Gasteiger partial charge in [-0.3, -0.25) is 4.99 Å². The van der Waals surface area contributed by atoms with E-state index in [0.29, 0.717) is 30.6 Å². The number of benzene rings is 1. The number of guanidine groups is 1. The molecule has 1 heterocycles. The highest BCUT2D eigenvalue weighted by molar-refractivity contribution is 7.11. The van der Waals surface area contributed by atoms with E-state index in [9.17, 15) is 0 Å². The van der Waals surface area contributed by atoms with Gasteiger partial charge in [-0.15, -0.1) is 11.3 Å². The highest BCUT2D eigenvalue weighted by Crippen LogP contribution is 2.30. The van der Waals surface area contributed by atoms with Gasteiger partial charge in [0.2, 0.25) is 0 Å². The summed E-state index contributed by atoms with van der Waals surface area (Å²) in [5.41, 5.74) is 0.873. The van der Waals surface area contributed by atoms with Crippen molar-refractivity contribution in [3.8, 4) is 11.5 Å². The van der Waals surface area contributed by atoms with Gasteiger partial charge in [0.1, 0.15) is 5.01 Å². The summed E-state index contributed by atoms with van der Waals surface area (Å²) in [6, 6.07) is 5.68. The zero-order valence-corrected chi connectivity index (χ0v) is 14.7. The molecule has 0 bridgehead atoms. The van der Waals surface area contributed by atoms with Gasteiger partial charge in [-0.1, -0.05) is 0 Å². The Morgan fingerprint density at radius 2 is 2.17 bits per heavy atom. The Labute approximate surface area is 140 Å². The summed E-state index contributed by atoms with van der Waals surface area (Å²) in [7, 11) is 3.36. The molecule has 2 N–H and O–H groups in total. The molecule has 0 saturated carbocycles. The van der Waals surface area contributed by atoms with Crippen LogP contribution in [0.1, 0.15) is 16.8 Å². The van der Waals surface area contributed by atoms with E-state index in [4.69, 9.17) is 9.47 Å². The van der Waals surface area contributed by atoms with Crippen molar-refractivity contribution < 1.29 is 9.47 Å². The minimum atomic E-state index is 0.580. The first-order valence-corrected chi connectivity index (χ1v) is 8.17. The van der Waals surface area contributed by atoms with Gasteiger partial charge < -0.3 is 20.1 Å². The number of ether oxygens (including phenoxy) is 2. The highest BCUT2D eigenvalue weighted by Gasteiger charge is 2.07. The van der Waals surface area contributed by atoms with E-state index >= 15 is 0 Å². The molecule has 0 aliphatic carbocycles. The molecule has 23 heavy (non-hydrogen) atoms. The lowest BCUT2D eigenvalue weighted by molar-refractivity contribution is 0.311. The van der Waals surface area contributed by atoms with Crippen LogP contribution in [0.5, 0.6) is 11.5 Å². The number of rotatable bonds is 6. The smallest absolute Gasteiger partial charge is 0.195 e. The average molecular weight is 334 g/mol. The van der Waals surface area contributed by atoms with Gasteiger partial charge in [0.25, 0.3) is 0 Å². The fourth-order valence-corrected chi connectivity index (χ4v) is 2.71. The number of anilines is 1. The van der Waals surface area contributed by atoms with Crippen molar-refractivity contribution in [3.05, 3.63) is 34.3 Å². The molecule has 0 saturated heterocycles. The molecule has 2 rings (SSSR count). The first kappa shape index (κ1) is 17.1. The number of hydrogen-bond donors (Lipinski definition) is 2. The van der Waals surface area contributed by atoms with Crippen LogP contribution in [0.2, 0.25) is 0 Å². The lowest BCUT2D eigenvalue weighted by Crippen LogP contribution is -2.30. The van der Waals surface area contributed by atoms with Gasteiger partial charge in [0.05, 0.1) is 20.3 Å². The zero-order chi connectivity index (χ0) is 16.7. The number of aromatic nitrogens is 1. The molecule has 7 heteroatoms. The zero-order valence-electron chi connectivity index (χ0n) is 13.8. The number of nitrogens with zero attached hydrogens (tertiary/aromatic N) is 2. The number of methoxy groups -OCH3 is 1. The van der Waals surface area contributed by atoms with E-state index in [1.54, 1.807) is 25.5 Å². The minimum Gasteiger partial charge on any atom is -0.493 e. The van der Waals surface area contributed by atoms with Gasteiger partial charge >= 0.3 is 0 Å². The molecule has 0 aliphatic rings. The molecule has 0 amide bonds. The standard InChI is InChI=1S/C16H22N4O2S/c1-5-22-14-8-12(6-7-13(14)21-4)20-16(17-3)19-10-15-18-9-11(2)23-15/h6-9H,5,10H2,1-4H3,(H2,17,19,20). The topological polar surface area (TPSA) is 67.8 Å². The fraction of sp³-hybridized carbons (Fsp3) is 0.375. The first-order chi connectivity index (χ1) is 11.2. The fourth-order valence-electron chi connectivity index (χ4n) is 1.98. The van der Waals surface area contributed by atoms with Crippen molar-refractivity contribution in [3.63, 3.8) is 0 Å². The molecule has 124 valence electrons. The van der Waals surface area contributed by atoms with Crippen molar-refractivity contribution in [2.75, 3.05) is 26.1 Å². The van der Waals surface area contributed by atoms with Crippen LogP contribution < -0.4 is 20.1 Å². The third-order valence-corrected chi connectivity index (χ3v) is 3.94. The van der Waals surface area contributed by atoms with Crippen LogP contribution >= 0.6 is 11.3 Å². The maximum atomic E-state index is 5.58. The highest BCUT2D eigenvalue weighted by atomic mass is 32.1. The summed E-state index contributed by atoms with van der Waals surface area (Å²) >= 11 is 1.67. The normalized spacial score (nSPS) is 11.2. The molecule has 2 aromatic rings. The minimum absolute atomic E-state index is 0.580. The Kier molecular flexibility index (Phi) is 6.22. The van der Waals surface area contributed by atoms with E-state index in [1.807, 2.05) is 38.2 Å². The van der Waals surface area contributed by atoms with Crippen LogP contribution in [0.4, 0.5) is 5.69 Å². The van der Waals surface area contributed by atoms with E-state index in [0.717, 1.165) is 10.7 Å². The summed E-state index contributed by atoms with van der Waals surface area (Å²) in [5, 5.41) is 7.50. The molecule has 0 radical (unpaired) electrons. The van der Waals surface area contributed by atoms with Crippen LogP contribution in [-0.4, -0.2) is 31.7 Å². The molecule has 0 atom stereocenters. The SMILES string of the molecule is CCOc1cc(NC(=NC)NCc2ncc(C)s2)ccc1OC. The Morgan fingerprint density at radius 3 is 2.78 bits per heavy atom. The Bertz CT molecular complexity index is 670. The Balaban J connectivity index is 2.02. The summed E-state index contributed by atoms with van der Waals surface area (Å²) in [4.78, 5) is 9.75. The molecule has 0 aliphatic heterocycles. The van der Waals surface area contributed by atoms with Crippen LogP contribution in [-0.2, 0) is 6.54 Å². The average Bonchev–Trinajstić information content (AvgIpc) is 2.97. The van der Waals surface area contributed by atoms with Gasteiger partial charge in [-0.2, -0.15) is 0 Å². The summed E-state index contributed by atoms with van der Waals surface area (Å²) in [5.74, 6) is 2.08. The van der Waals surface area contributed by atoms with E-state index < -0.39 is 0 Å². The second-order valence-corrected chi connectivity index (χ2v) is 6.03. The van der Waals surface area contributed by atoms with Crippen molar-refractivity contribution in [1.82, 2.24) is 10.3 Å². The van der Waals surface area contributed by atoms with E-state index in [2.05, 4.69) is 20.6 Å². The molecule has 1 aromatic heterocycles. The Hall–Kier alpha value is -2.28. The molecule has 1 aromatic carbocycles. The second-order valence-electron chi connectivity index (χ2n) is 4.71. The quantitative estimate of drug-likeness (QED) is 0.628. The van der Waals surface area contributed by atoms with Crippen LogP contribution in [0.25, 0.3) is 0 Å². The van der Waals surface area contributed by atoms with Crippen LogP contribution in [0, 0.1) is 6.92 Å². The van der Waals surface area contributed by atoms with Gasteiger partial charge in [0.15, 0.2) is 17.5 Å². The van der Waals surface area contributed by atoms with E-state index in [1.165, 1.54) is 4.88 Å². The number of thiazole rings is 1. The third-order valence-electron chi connectivity index (χ3n) is 3.03. The summed E-state index contributed by atoms with van der Waals surface area (Å²) in [6.45, 7) is 5.19. The van der Waals surface area contributed by atoms with Gasteiger partial charge in [-0.05, 0) is 26.0 Å². The predicted octanol–water partition coefficient (Wildman–Crippen LogP) is 3.05. The number of aryl methyl sites for hydroxylation is 1. The third kappa shape index (κ3) is 4.85. The summed E-state index contributed by atoms with van der Waals surface area (Å²) in [6.07, 6.45) is 1.87. The van der Waals surface area contributed by atoms with Crippen molar-refractivity contribution in [2.24, 2.45) is 4.99 Å². The molecule has 0 unspecified atom stereocenters. The largest absolute Gasteiger partial charge is 0.493 e.